The number of nitriles is 2. The number of halogens is 3. The van der Waals surface area contributed by atoms with E-state index in [0.29, 0.717) is 104 Å². The molecule has 0 unspecified atom stereocenters. The Kier molecular flexibility index (Phi) is 19.1. The van der Waals surface area contributed by atoms with Crippen molar-refractivity contribution in [1.82, 2.24) is 63.6 Å². The van der Waals surface area contributed by atoms with Gasteiger partial charge in [-0.1, -0.05) is 74.1 Å². The van der Waals surface area contributed by atoms with E-state index in [1.807, 2.05) is 4.57 Å². The minimum atomic E-state index is -1.20. The fourth-order valence-electron chi connectivity index (χ4n) is 8.41. The maximum absolute atomic E-state index is 12.7. The molecule has 3 N–H and O–H groups in total. The van der Waals surface area contributed by atoms with Gasteiger partial charge in [0.1, 0.15) is 77.4 Å². The van der Waals surface area contributed by atoms with Gasteiger partial charge in [0.2, 0.25) is 0 Å². The van der Waals surface area contributed by atoms with Crippen LogP contribution in [0.5, 0.6) is 0 Å². The van der Waals surface area contributed by atoms with Crippen molar-refractivity contribution in [2.75, 3.05) is 31.2 Å². The molecule has 0 radical (unpaired) electrons. The van der Waals surface area contributed by atoms with Crippen molar-refractivity contribution in [3.63, 3.8) is 0 Å². The summed E-state index contributed by atoms with van der Waals surface area (Å²) in [6.45, 7) is 17.6. The molecule has 2 saturated heterocycles. The lowest BCUT2D eigenvalue weighted by Crippen LogP contribution is -2.28. The maximum Gasteiger partial charge on any atom is 0.276 e. The van der Waals surface area contributed by atoms with Gasteiger partial charge in [0.25, 0.3) is 11.1 Å². The second-order valence-electron chi connectivity index (χ2n) is 19.8. The molecule has 10 rings (SSSR count). The molecule has 2 fully saturated rings. The Hall–Kier alpha value is -5.26. The molecule has 10 heterocycles. The molecule has 0 spiro atoms. The molecule has 0 amide bonds. The van der Waals surface area contributed by atoms with E-state index < -0.39 is 16.1 Å². The van der Waals surface area contributed by atoms with Crippen molar-refractivity contribution in [3.8, 4) is 12.1 Å². The zero-order valence-corrected chi connectivity index (χ0v) is 47.6. The largest absolute Gasteiger partial charge is 0.361 e. The molecule has 2 aliphatic heterocycles. The molecular weight excluding hydrogens is 1070 g/mol. The summed E-state index contributed by atoms with van der Waals surface area (Å²) < 4.78 is 18.3. The van der Waals surface area contributed by atoms with Crippen LogP contribution >= 0.6 is 61.8 Å². The van der Waals surface area contributed by atoms with E-state index in [1.54, 1.807) is 41.5 Å². The average Bonchev–Trinajstić information content (AvgIpc) is 4.20. The molecule has 8 aromatic heterocycles. The molecule has 73 heavy (non-hydrogen) atoms. The molecule has 0 bridgehead atoms. The number of H-pyrrole nitrogens is 2. The zero-order chi connectivity index (χ0) is 50.6. The van der Waals surface area contributed by atoms with Gasteiger partial charge in [-0.05, 0) is 56.4 Å². The molecule has 388 valence electrons. The molecule has 0 saturated carbocycles. The van der Waals surface area contributed by atoms with E-state index in [2.05, 4.69) is 102 Å². The van der Waals surface area contributed by atoms with Gasteiger partial charge in [-0.25, -0.2) is 29.0 Å². The van der Waals surface area contributed by atoms with Crippen molar-refractivity contribution in [2.45, 2.75) is 103 Å². The molecular formula is C46H59Cl3N16O4S2Si2. The van der Waals surface area contributed by atoms with Crippen LogP contribution in [0.2, 0.25) is 66.6 Å². The van der Waals surface area contributed by atoms with Crippen molar-refractivity contribution in [1.29, 1.82) is 10.5 Å². The molecule has 2 aliphatic rings. The van der Waals surface area contributed by atoms with Gasteiger partial charge in [0, 0.05) is 60.7 Å². The van der Waals surface area contributed by atoms with E-state index in [9.17, 15) is 14.9 Å². The van der Waals surface area contributed by atoms with E-state index in [-0.39, 0.29) is 50.2 Å². The van der Waals surface area contributed by atoms with Crippen molar-refractivity contribution >= 4 is 117 Å². The highest BCUT2D eigenvalue weighted by Crippen LogP contribution is 2.38. The number of nitrogens with zero attached hydrogens (tertiary/aromatic N) is 13. The first-order valence-electron chi connectivity index (χ1n) is 23.3. The van der Waals surface area contributed by atoms with Crippen LogP contribution in [0, 0.1) is 22.7 Å². The quantitative estimate of drug-likeness (QED) is 0.0557. The Morgan fingerprint density at radius 1 is 0.712 bits per heavy atom. The highest BCUT2D eigenvalue weighted by atomic mass is 35.5. The predicted molar refractivity (Wildman–Crippen MR) is 299 cm³/mol. The van der Waals surface area contributed by atoms with Gasteiger partial charge in [-0.3, -0.25) is 9.59 Å². The number of hydrogen-bond donors (Lipinski definition) is 3. The Morgan fingerprint density at radius 2 is 1.23 bits per heavy atom. The summed E-state index contributed by atoms with van der Waals surface area (Å²) in [5, 5.41) is 33.6. The second kappa shape index (κ2) is 24.4. The number of aromatic nitrogens is 12. The molecule has 20 nitrogen and oxygen atoms in total. The Bertz CT molecular complexity index is 3420. The van der Waals surface area contributed by atoms with Gasteiger partial charge in [0.05, 0.1) is 44.0 Å². The fraction of sp³-hybridized carbons (Fsp3) is 0.435. The summed E-state index contributed by atoms with van der Waals surface area (Å²) in [6.07, 6.45) is 13.6. The molecule has 27 heteroatoms. The van der Waals surface area contributed by atoms with Gasteiger partial charge in [0.15, 0.2) is 5.82 Å². The van der Waals surface area contributed by atoms with Crippen LogP contribution in [0.3, 0.4) is 0 Å². The van der Waals surface area contributed by atoms with Crippen molar-refractivity contribution in [2.24, 2.45) is 0 Å². The first kappa shape index (κ1) is 57.0. The standard InChI is InChI=1S/C23H27ClN8O2Si.C13H17ClN4OSi.C10H11ClN4O.2H2S/c1-35(2,3)10-9-34-14-30-12-15(11-25)18-21(30)26-13-27-22(18)31-7-4-5-17(31)20-28-23(33)19-16(24)6-8-32(19)29-20;1-20(2,3)5-4-19-9-18-7-10(6-15)11-12(14)16-8-17-13(11)18;11-6-3-5-15-8(6)10(16)13-9(14-15)7-2-1-4-12-7;;/h6,8,12-13,17H,4-5,7,9-10,14H2,1-3H3,(H,28,29,33);7-8H,4-5,9H2,1-3H3;3,5,7,12H,1-2,4H2,(H,13,14,16);2*1H2/t17-;;7-;;/m0.0../s1. The highest BCUT2D eigenvalue weighted by molar-refractivity contribution is 7.59. The number of fused-ring (bicyclic) bond motifs is 4. The first-order valence-corrected chi connectivity index (χ1v) is 31.8. The number of rotatable bonds is 13. The monoisotopic (exact) mass is 1120 g/mol. The smallest absolute Gasteiger partial charge is 0.276 e. The second-order valence-corrected chi connectivity index (χ2v) is 32.2. The van der Waals surface area contributed by atoms with Crippen LogP contribution in [0.1, 0.15) is 60.5 Å². The first-order chi connectivity index (χ1) is 33.9. The number of ether oxygens (including phenoxy) is 2. The summed E-state index contributed by atoms with van der Waals surface area (Å²) in [6, 6.07) is 9.84. The third-order valence-corrected chi connectivity index (χ3v) is 16.5. The zero-order valence-electron chi connectivity index (χ0n) is 41.3. The lowest BCUT2D eigenvalue weighted by atomic mass is 10.2. The third-order valence-electron chi connectivity index (χ3n) is 12.1. The molecule has 2 atom stereocenters. The van der Waals surface area contributed by atoms with E-state index in [4.69, 9.17) is 49.5 Å². The molecule has 0 aromatic carbocycles. The van der Waals surface area contributed by atoms with E-state index in [1.165, 1.54) is 21.7 Å². The normalized spacial score (nSPS) is 15.6. The van der Waals surface area contributed by atoms with Crippen LogP contribution in [-0.2, 0) is 22.9 Å². The van der Waals surface area contributed by atoms with Gasteiger partial charge in [-0.15, -0.1) is 0 Å². The van der Waals surface area contributed by atoms with Crippen molar-refractivity contribution in [3.05, 3.63) is 108 Å². The van der Waals surface area contributed by atoms with Gasteiger partial charge >= 0.3 is 0 Å². The van der Waals surface area contributed by atoms with Crippen LogP contribution in [0.25, 0.3) is 33.1 Å². The van der Waals surface area contributed by atoms with Crippen LogP contribution in [-0.4, -0.2) is 101 Å². The summed E-state index contributed by atoms with van der Waals surface area (Å²) in [5.41, 5.74) is 2.50. The Morgan fingerprint density at radius 3 is 1.77 bits per heavy atom. The minimum Gasteiger partial charge on any atom is -0.361 e. The molecule has 0 aliphatic carbocycles. The fourth-order valence-corrected chi connectivity index (χ4v) is 10.6. The predicted octanol–water partition coefficient (Wildman–Crippen LogP) is 8.54. The number of hydrogen-bond acceptors (Lipinski definition) is 14. The van der Waals surface area contributed by atoms with Crippen molar-refractivity contribution < 1.29 is 9.47 Å². The summed E-state index contributed by atoms with van der Waals surface area (Å²) in [4.78, 5) is 49.4. The number of nitrogens with one attached hydrogen (secondary N) is 3. The summed E-state index contributed by atoms with van der Waals surface area (Å²) >= 11 is 18.1. The Balaban J connectivity index is 0.000000194. The summed E-state index contributed by atoms with van der Waals surface area (Å²) in [7, 11) is -2.29. The van der Waals surface area contributed by atoms with E-state index >= 15 is 0 Å². The lowest BCUT2D eigenvalue weighted by molar-refractivity contribution is 0.0897. The lowest BCUT2D eigenvalue weighted by Gasteiger charge is -2.25. The van der Waals surface area contributed by atoms with Crippen LogP contribution in [0.4, 0.5) is 5.82 Å². The van der Waals surface area contributed by atoms with Crippen LogP contribution < -0.4 is 21.3 Å². The van der Waals surface area contributed by atoms with Gasteiger partial charge in [-0.2, -0.15) is 47.7 Å². The third kappa shape index (κ3) is 13.2. The average molecular weight is 1130 g/mol. The van der Waals surface area contributed by atoms with Gasteiger partial charge < -0.3 is 38.8 Å². The highest BCUT2D eigenvalue weighted by Gasteiger charge is 2.33. The number of anilines is 1. The maximum atomic E-state index is 12.7. The van der Waals surface area contributed by atoms with Crippen LogP contribution in [0.15, 0.2) is 59.2 Å². The topological polar surface area (TPSA) is 243 Å². The van der Waals surface area contributed by atoms with E-state index in [0.717, 1.165) is 50.9 Å². The minimum absolute atomic E-state index is 0. The SMILES string of the molecule is C[Si](C)(C)CCOCn1cc(C#N)c2c(Cl)ncnc21.C[Si](C)(C)CCOCn1cc(C#N)c2c(N3CCC[C@H]3c3nn4ccc(Cl)c4c(=O)[nH]3)ncnc21.O=c1[nH]c([C@@H]2CCCN2)nn2ccc(Cl)c12.S.S. The Labute approximate surface area is 451 Å². The molecule has 8 aromatic rings. The summed E-state index contributed by atoms with van der Waals surface area (Å²) in [5.74, 6) is 1.87. The number of aromatic amines is 2.